The topological polar surface area (TPSA) is 49.3 Å². The molecule has 0 unspecified atom stereocenters. The second kappa shape index (κ2) is 6.31. The van der Waals surface area contributed by atoms with Gasteiger partial charge in [-0.1, -0.05) is 13.0 Å². The molecule has 0 spiro atoms. The summed E-state index contributed by atoms with van der Waals surface area (Å²) in [5.41, 5.74) is 0.840. The molecule has 1 fully saturated rings. The van der Waals surface area contributed by atoms with E-state index in [1.165, 1.54) is 0 Å². The summed E-state index contributed by atoms with van der Waals surface area (Å²) in [4.78, 5) is 24.6. The highest BCUT2D eigenvalue weighted by Gasteiger charge is 2.22. The molecular formula is C14H20N4O. The number of carbonyl (C=O) groups is 1. The van der Waals surface area contributed by atoms with Gasteiger partial charge in [0.2, 0.25) is 11.9 Å². The fourth-order valence-electron chi connectivity index (χ4n) is 2.21. The molecule has 19 heavy (non-hydrogen) atoms. The highest BCUT2D eigenvalue weighted by atomic mass is 16.2. The SMILES string of the molecule is CC/C=C(\C)C(=O)N1CCN(c2ncccn2)CC1. The summed E-state index contributed by atoms with van der Waals surface area (Å²) >= 11 is 0. The van der Waals surface area contributed by atoms with Gasteiger partial charge in [0.1, 0.15) is 0 Å². The first-order valence-corrected chi connectivity index (χ1v) is 6.70. The maximum Gasteiger partial charge on any atom is 0.249 e. The number of hydrogen-bond acceptors (Lipinski definition) is 4. The molecule has 0 aliphatic carbocycles. The number of carbonyl (C=O) groups excluding carboxylic acids is 1. The van der Waals surface area contributed by atoms with Gasteiger partial charge in [-0.2, -0.15) is 0 Å². The molecular weight excluding hydrogens is 240 g/mol. The van der Waals surface area contributed by atoms with E-state index in [4.69, 9.17) is 0 Å². The minimum atomic E-state index is 0.149. The van der Waals surface area contributed by atoms with Gasteiger partial charge in [-0.3, -0.25) is 4.79 Å². The van der Waals surface area contributed by atoms with Crippen LogP contribution in [-0.4, -0.2) is 47.0 Å². The Labute approximate surface area is 114 Å². The fraction of sp³-hybridized carbons (Fsp3) is 0.500. The predicted octanol–water partition coefficient (Wildman–Crippen LogP) is 1.48. The van der Waals surface area contributed by atoms with E-state index in [0.717, 1.165) is 44.1 Å². The zero-order valence-corrected chi connectivity index (χ0v) is 11.5. The van der Waals surface area contributed by atoms with Gasteiger partial charge in [-0.15, -0.1) is 0 Å². The first-order chi connectivity index (χ1) is 9.22. The van der Waals surface area contributed by atoms with E-state index >= 15 is 0 Å². The standard InChI is InChI=1S/C14H20N4O/c1-3-5-12(2)13(19)17-8-10-18(11-9-17)14-15-6-4-7-16-14/h4-7H,3,8-11H2,1-2H3/b12-5+. The molecule has 1 amide bonds. The third-order valence-electron chi connectivity index (χ3n) is 3.25. The van der Waals surface area contributed by atoms with Crippen molar-refractivity contribution >= 4 is 11.9 Å². The van der Waals surface area contributed by atoms with Crippen molar-refractivity contribution in [3.8, 4) is 0 Å². The van der Waals surface area contributed by atoms with Crippen LogP contribution in [0.15, 0.2) is 30.1 Å². The van der Waals surface area contributed by atoms with Crippen molar-refractivity contribution in [2.75, 3.05) is 31.1 Å². The summed E-state index contributed by atoms with van der Waals surface area (Å²) in [6.07, 6.45) is 6.37. The fourth-order valence-corrected chi connectivity index (χ4v) is 2.21. The van der Waals surface area contributed by atoms with Crippen LogP contribution in [0.25, 0.3) is 0 Å². The molecule has 0 saturated carbocycles. The van der Waals surface area contributed by atoms with Crippen LogP contribution in [-0.2, 0) is 4.79 Å². The number of hydrogen-bond donors (Lipinski definition) is 0. The van der Waals surface area contributed by atoms with Crippen LogP contribution in [0.5, 0.6) is 0 Å². The molecule has 102 valence electrons. The Morgan fingerprint density at radius 1 is 1.26 bits per heavy atom. The van der Waals surface area contributed by atoms with E-state index in [1.54, 1.807) is 12.4 Å². The molecule has 0 radical (unpaired) electrons. The number of aromatic nitrogens is 2. The van der Waals surface area contributed by atoms with Gasteiger partial charge in [-0.25, -0.2) is 9.97 Å². The van der Waals surface area contributed by atoms with Gasteiger partial charge >= 0.3 is 0 Å². The largest absolute Gasteiger partial charge is 0.337 e. The molecule has 0 atom stereocenters. The molecule has 0 N–H and O–H groups in total. The van der Waals surface area contributed by atoms with Crippen molar-refractivity contribution in [2.24, 2.45) is 0 Å². The first-order valence-electron chi connectivity index (χ1n) is 6.70. The lowest BCUT2D eigenvalue weighted by molar-refractivity contribution is -0.127. The molecule has 0 bridgehead atoms. The summed E-state index contributed by atoms with van der Waals surface area (Å²) in [5, 5.41) is 0. The number of anilines is 1. The molecule has 2 heterocycles. The van der Waals surface area contributed by atoms with Crippen LogP contribution in [0.1, 0.15) is 20.3 Å². The van der Waals surface area contributed by atoms with Gasteiger partial charge in [-0.05, 0) is 19.4 Å². The molecule has 1 saturated heterocycles. The van der Waals surface area contributed by atoms with Gasteiger partial charge in [0.25, 0.3) is 0 Å². The molecule has 1 aromatic heterocycles. The quantitative estimate of drug-likeness (QED) is 0.772. The Hall–Kier alpha value is -1.91. The zero-order valence-electron chi connectivity index (χ0n) is 11.5. The van der Waals surface area contributed by atoms with Crippen molar-refractivity contribution in [2.45, 2.75) is 20.3 Å². The lowest BCUT2D eigenvalue weighted by Gasteiger charge is -2.34. The number of nitrogens with zero attached hydrogens (tertiary/aromatic N) is 4. The van der Waals surface area contributed by atoms with E-state index in [2.05, 4.69) is 14.9 Å². The lowest BCUT2D eigenvalue weighted by Crippen LogP contribution is -2.49. The number of amides is 1. The highest BCUT2D eigenvalue weighted by Crippen LogP contribution is 2.11. The average molecular weight is 260 g/mol. The van der Waals surface area contributed by atoms with Gasteiger partial charge in [0.15, 0.2) is 0 Å². The summed E-state index contributed by atoms with van der Waals surface area (Å²) in [6, 6.07) is 1.81. The van der Waals surface area contributed by atoms with Crippen LogP contribution in [0.2, 0.25) is 0 Å². The molecule has 1 aliphatic rings. The van der Waals surface area contributed by atoms with Crippen LogP contribution in [0.3, 0.4) is 0 Å². The maximum atomic E-state index is 12.1. The first kappa shape index (κ1) is 13.5. The van der Waals surface area contributed by atoms with Gasteiger partial charge in [0, 0.05) is 44.1 Å². The van der Waals surface area contributed by atoms with E-state index in [9.17, 15) is 4.79 Å². The molecule has 5 heteroatoms. The average Bonchev–Trinajstić information content (AvgIpc) is 2.48. The monoisotopic (exact) mass is 260 g/mol. The van der Waals surface area contributed by atoms with E-state index in [0.29, 0.717) is 0 Å². The van der Waals surface area contributed by atoms with Crippen LogP contribution in [0, 0.1) is 0 Å². The Balaban J connectivity index is 1.93. The van der Waals surface area contributed by atoms with E-state index < -0.39 is 0 Å². The third-order valence-corrected chi connectivity index (χ3v) is 3.25. The summed E-state index contributed by atoms with van der Waals surface area (Å²) in [6.45, 7) is 6.96. The highest BCUT2D eigenvalue weighted by molar-refractivity contribution is 5.92. The van der Waals surface area contributed by atoms with Crippen LogP contribution >= 0.6 is 0 Å². The lowest BCUT2D eigenvalue weighted by atomic mass is 10.2. The normalized spacial score (nSPS) is 16.6. The zero-order chi connectivity index (χ0) is 13.7. The van der Waals surface area contributed by atoms with Crippen molar-refractivity contribution < 1.29 is 4.79 Å². The minimum Gasteiger partial charge on any atom is -0.337 e. The summed E-state index contributed by atoms with van der Waals surface area (Å²) < 4.78 is 0. The predicted molar refractivity (Wildman–Crippen MR) is 74.9 cm³/mol. The Bertz CT molecular complexity index is 450. The molecule has 1 aromatic rings. The Kier molecular flexibility index (Phi) is 4.49. The minimum absolute atomic E-state index is 0.149. The second-order valence-electron chi connectivity index (χ2n) is 4.62. The number of piperazine rings is 1. The third kappa shape index (κ3) is 3.30. The number of allylic oxidation sites excluding steroid dienone is 1. The van der Waals surface area contributed by atoms with Crippen LogP contribution < -0.4 is 4.90 Å². The summed E-state index contributed by atoms with van der Waals surface area (Å²) in [5.74, 6) is 0.894. The maximum absolute atomic E-state index is 12.1. The van der Waals surface area contributed by atoms with Crippen molar-refractivity contribution in [3.63, 3.8) is 0 Å². The van der Waals surface area contributed by atoms with Gasteiger partial charge in [0.05, 0.1) is 0 Å². The van der Waals surface area contributed by atoms with Crippen LogP contribution in [0.4, 0.5) is 5.95 Å². The number of rotatable bonds is 3. The van der Waals surface area contributed by atoms with Crippen molar-refractivity contribution in [3.05, 3.63) is 30.1 Å². The Morgan fingerprint density at radius 2 is 1.89 bits per heavy atom. The van der Waals surface area contributed by atoms with E-state index in [1.807, 2.05) is 30.9 Å². The molecule has 2 rings (SSSR count). The molecule has 0 aromatic carbocycles. The van der Waals surface area contributed by atoms with Crippen molar-refractivity contribution in [1.29, 1.82) is 0 Å². The van der Waals surface area contributed by atoms with E-state index in [-0.39, 0.29) is 5.91 Å². The summed E-state index contributed by atoms with van der Waals surface area (Å²) in [7, 11) is 0. The smallest absolute Gasteiger partial charge is 0.249 e. The molecule has 5 nitrogen and oxygen atoms in total. The Morgan fingerprint density at radius 3 is 2.47 bits per heavy atom. The molecule has 1 aliphatic heterocycles. The van der Waals surface area contributed by atoms with Crippen molar-refractivity contribution in [1.82, 2.24) is 14.9 Å². The van der Waals surface area contributed by atoms with Gasteiger partial charge < -0.3 is 9.80 Å². The second-order valence-corrected chi connectivity index (χ2v) is 4.62.